The van der Waals surface area contributed by atoms with E-state index in [1.165, 1.54) is 5.56 Å². The van der Waals surface area contributed by atoms with E-state index in [9.17, 15) is 5.11 Å². The predicted molar refractivity (Wildman–Crippen MR) is 130 cm³/mol. The van der Waals surface area contributed by atoms with E-state index in [1.807, 2.05) is 55.5 Å². The number of phenolic OH excluding ortho intramolecular Hbond substituents is 1. The van der Waals surface area contributed by atoms with Gasteiger partial charge < -0.3 is 19.3 Å². The highest BCUT2D eigenvalue weighted by atomic mass is 16.5. The van der Waals surface area contributed by atoms with Gasteiger partial charge in [0.05, 0.1) is 19.8 Å². The number of aryl methyl sites for hydroxylation is 1. The molecular formula is C27H22N4O4. The van der Waals surface area contributed by atoms with Gasteiger partial charge in [0.25, 0.3) is 0 Å². The Morgan fingerprint density at radius 3 is 2.51 bits per heavy atom. The quantitative estimate of drug-likeness (QED) is 0.386. The van der Waals surface area contributed by atoms with E-state index in [0.717, 1.165) is 22.3 Å². The molecule has 8 nitrogen and oxygen atoms in total. The second-order valence-corrected chi connectivity index (χ2v) is 8.40. The Balaban J connectivity index is 1.60. The lowest BCUT2D eigenvalue weighted by molar-refractivity contribution is 0.354. The summed E-state index contributed by atoms with van der Waals surface area (Å²) in [6, 6.07) is 19.0. The molecule has 1 N–H and O–H groups in total. The third-order valence-corrected chi connectivity index (χ3v) is 6.24. The van der Waals surface area contributed by atoms with Gasteiger partial charge in [0.15, 0.2) is 23.0 Å². The van der Waals surface area contributed by atoms with Gasteiger partial charge >= 0.3 is 0 Å². The topological polar surface area (TPSA) is 91.0 Å². The second kappa shape index (κ2) is 8.02. The lowest BCUT2D eigenvalue weighted by Crippen LogP contribution is -2.15. The fourth-order valence-electron chi connectivity index (χ4n) is 4.51. The Morgan fingerprint density at radius 2 is 1.74 bits per heavy atom. The first-order valence-corrected chi connectivity index (χ1v) is 11.1. The SMILES string of the molecule is COc1ccc([C@H]2c3ccc(O)cc3Oc3ncn4nc(-c5ccc(C)cc5)nc4c32)cc1OC. The number of benzene rings is 3. The summed E-state index contributed by atoms with van der Waals surface area (Å²) in [7, 11) is 3.22. The number of nitrogens with zero attached hydrogens (tertiary/aromatic N) is 4. The highest BCUT2D eigenvalue weighted by molar-refractivity contribution is 5.69. The number of hydrogen-bond donors (Lipinski definition) is 1. The average molecular weight is 466 g/mol. The van der Waals surface area contributed by atoms with Crippen molar-refractivity contribution >= 4 is 5.65 Å². The fourth-order valence-corrected chi connectivity index (χ4v) is 4.51. The minimum absolute atomic E-state index is 0.114. The molecule has 1 atom stereocenters. The molecule has 6 rings (SSSR count). The molecule has 35 heavy (non-hydrogen) atoms. The van der Waals surface area contributed by atoms with Crippen LogP contribution in [-0.4, -0.2) is 38.9 Å². The van der Waals surface area contributed by atoms with Gasteiger partial charge in [-0.15, -0.1) is 5.10 Å². The van der Waals surface area contributed by atoms with Crippen molar-refractivity contribution in [1.82, 2.24) is 19.6 Å². The van der Waals surface area contributed by atoms with Crippen molar-refractivity contribution in [3.63, 3.8) is 0 Å². The molecule has 0 radical (unpaired) electrons. The Morgan fingerprint density at radius 1 is 0.943 bits per heavy atom. The van der Waals surface area contributed by atoms with Crippen LogP contribution in [0.1, 0.15) is 28.2 Å². The molecule has 0 fully saturated rings. The van der Waals surface area contributed by atoms with Crippen LogP contribution in [0, 0.1) is 6.92 Å². The summed E-state index contributed by atoms with van der Waals surface area (Å²) in [6.45, 7) is 2.04. The van der Waals surface area contributed by atoms with Gasteiger partial charge in [-0.05, 0) is 30.7 Å². The number of hydrogen-bond acceptors (Lipinski definition) is 7. The van der Waals surface area contributed by atoms with E-state index in [2.05, 4.69) is 10.1 Å². The lowest BCUT2D eigenvalue weighted by Gasteiger charge is -2.28. The average Bonchev–Trinajstić information content (AvgIpc) is 3.32. The maximum atomic E-state index is 10.1. The van der Waals surface area contributed by atoms with E-state index in [4.69, 9.17) is 19.2 Å². The normalized spacial score (nSPS) is 14.2. The first-order valence-electron chi connectivity index (χ1n) is 11.1. The second-order valence-electron chi connectivity index (χ2n) is 8.40. The molecule has 0 spiro atoms. The molecule has 1 aliphatic rings. The van der Waals surface area contributed by atoms with Gasteiger partial charge in [0, 0.05) is 23.1 Å². The molecular weight excluding hydrogens is 444 g/mol. The molecule has 0 saturated carbocycles. The zero-order valence-corrected chi connectivity index (χ0v) is 19.4. The van der Waals surface area contributed by atoms with Gasteiger partial charge in [-0.25, -0.2) is 14.5 Å². The van der Waals surface area contributed by atoms with Gasteiger partial charge in [-0.2, -0.15) is 0 Å². The summed E-state index contributed by atoms with van der Waals surface area (Å²) < 4.78 is 18.8. The van der Waals surface area contributed by atoms with E-state index in [-0.39, 0.29) is 11.7 Å². The minimum atomic E-state index is -0.291. The summed E-state index contributed by atoms with van der Waals surface area (Å²) in [5.74, 6) is 2.62. The standard InChI is InChI=1S/C27H22N4O4/c1-15-4-6-16(7-5-15)25-29-26-24-23(17-8-11-20(33-2)22(12-17)34-3)19-10-9-18(32)13-21(19)35-27(24)28-14-31(26)30-25/h4-14,23,32H,1-3H3/t23-/m0/s1. The van der Waals surface area contributed by atoms with Gasteiger partial charge in [-0.3, -0.25) is 0 Å². The van der Waals surface area contributed by atoms with Crippen LogP contribution in [0.25, 0.3) is 17.0 Å². The molecule has 0 bridgehead atoms. The minimum Gasteiger partial charge on any atom is -0.508 e. The maximum absolute atomic E-state index is 10.1. The van der Waals surface area contributed by atoms with Crippen molar-refractivity contribution in [2.24, 2.45) is 0 Å². The lowest BCUT2D eigenvalue weighted by atomic mass is 9.83. The molecule has 2 aromatic heterocycles. The molecule has 0 amide bonds. The fraction of sp³-hybridized carbons (Fsp3) is 0.148. The number of methoxy groups -OCH3 is 2. The predicted octanol–water partition coefficient (Wildman–Crippen LogP) is 5.11. The summed E-state index contributed by atoms with van der Waals surface area (Å²) in [5.41, 5.74) is 5.31. The number of phenols is 1. The Kier molecular flexibility index (Phi) is 4.81. The van der Waals surface area contributed by atoms with Crippen LogP contribution in [0.4, 0.5) is 0 Å². The number of aromatic nitrogens is 4. The number of ether oxygens (including phenoxy) is 3. The smallest absolute Gasteiger partial charge is 0.228 e. The molecule has 174 valence electrons. The Hall–Kier alpha value is -4.59. The largest absolute Gasteiger partial charge is 0.508 e. The van der Waals surface area contributed by atoms with E-state index in [0.29, 0.717) is 34.6 Å². The molecule has 5 aromatic rings. The summed E-state index contributed by atoms with van der Waals surface area (Å²) in [6.07, 6.45) is 1.60. The number of fused-ring (bicyclic) bond motifs is 4. The van der Waals surface area contributed by atoms with Crippen LogP contribution in [0.15, 0.2) is 67.0 Å². The summed E-state index contributed by atoms with van der Waals surface area (Å²) in [5, 5.41) is 14.8. The van der Waals surface area contributed by atoms with Gasteiger partial charge in [0.2, 0.25) is 5.88 Å². The van der Waals surface area contributed by atoms with Crippen LogP contribution in [0.3, 0.4) is 0 Å². The van der Waals surface area contributed by atoms with Crippen LogP contribution in [0.5, 0.6) is 28.9 Å². The van der Waals surface area contributed by atoms with Crippen LogP contribution >= 0.6 is 0 Å². The Bertz CT molecular complexity index is 1580. The molecule has 0 unspecified atom stereocenters. The monoisotopic (exact) mass is 466 g/mol. The van der Waals surface area contributed by atoms with Crippen molar-refractivity contribution in [2.75, 3.05) is 14.2 Å². The zero-order valence-electron chi connectivity index (χ0n) is 19.4. The van der Waals surface area contributed by atoms with Gasteiger partial charge in [-0.1, -0.05) is 42.0 Å². The van der Waals surface area contributed by atoms with Crippen molar-refractivity contribution in [3.05, 3.63) is 89.2 Å². The van der Waals surface area contributed by atoms with E-state index < -0.39 is 0 Å². The number of rotatable bonds is 4. The van der Waals surface area contributed by atoms with E-state index >= 15 is 0 Å². The Labute approximate surface area is 201 Å². The molecule has 3 heterocycles. The van der Waals surface area contributed by atoms with Crippen molar-refractivity contribution < 1.29 is 19.3 Å². The van der Waals surface area contributed by atoms with Crippen molar-refractivity contribution in [3.8, 4) is 40.3 Å². The molecule has 0 aliphatic carbocycles. The number of aromatic hydroxyl groups is 1. The highest BCUT2D eigenvalue weighted by Crippen LogP contribution is 2.49. The van der Waals surface area contributed by atoms with Crippen molar-refractivity contribution in [1.29, 1.82) is 0 Å². The first-order chi connectivity index (χ1) is 17.1. The third kappa shape index (κ3) is 3.42. The third-order valence-electron chi connectivity index (χ3n) is 6.24. The van der Waals surface area contributed by atoms with Crippen LogP contribution in [0.2, 0.25) is 0 Å². The summed E-state index contributed by atoms with van der Waals surface area (Å²) >= 11 is 0. The zero-order chi connectivity index (χ0) is 24.1. The molecule has 1 aliphatic heterocycles. The summed E-state index contributed by atoms with van der Waals surface area (Å²) in [4.78, 5) is 9.44. The van der Waals surface area contributed by atoms with E-state index in [1.54, 1.807) is 37.2 Å². The first kappa shape index (κ1) is 21.0. The molecule has 0 saturated heterocycles. The molecule has 8 heteroatoms. The molecule has 3 aromatic carbocycles. The van der Waals surface area contributed by atoms with Gasteiger partial charge in [0.1, 0.15) is 17.8 Å². The maximum Gasteiger partial charge on any atom is 0.228 e. The van der Waals surface area contributed by atoms with Crippen molar-refractivity contribution in [2.45, 2.75) is 12.8 Å². The highest BCUT2D eigenvalue weighted by Gasteiger charge is 2.34. The van der Waals surface area contributed by atoms with Crippen LogP contribution in [-0.2, 0) is 0 Å². The van der Waals surface area contributed by atoms with Crippen LogP contribution < -0.4 is 14.2 Å².